The van der Waals surface area contributed by atoms with E-state index in [1.54, 1.807) is 0 Å². The van der Waals surface area contributed by atoms with Crippen LogP contribution < -0.4 is 0 Å². The molecular weight excluding hydrogens is 1140 g/mol. The van der Waals surface area contributed by atoms with Crippen LogP contribution in [0.15, 0.2) is 31.8 Å². The zero-order valence-corrected chi connectivity index (χ0v) is 54.8. The molecule has 2 aromatic carbocycles. The Morgan fingerprint density at radius 1 is 0.342 bits per heavy atom. The van der Waals surface area contributed by atoms with Crippen molar-refractivity contribution in [3.8, 4) is 20.9 Å². The first-order valence-corrected chi connectivity index (χ1v) is 36.5. The van der Waals surface area contributed by atoms with Crippen LogP contribution in [0.5, 0.6) is 0 Å². The summed E-state index contributed by atoms with van der Waals surface area (Å²) in [6.45, 7) is 9.28. The molecule has 0 bridgehead atoms. The summed E-state index contributed by atoms with van der Waals surface area (Å²) in [7, 11) is 0. The molecular formula is C66H102Br2N4S4. The number of benzene rings is 2. The Morgan fingerprint density at radius 2 is 0.605 bits per heavy atom. The van der Waals surface area contributed by atoms with Gasteiger partial charge in [0.25, 0.3) is 0 Å². The molecule has 0 aliphatic carbocycles. The quantitative estimate of drug-likeness (QED) is 0.0358. The van der Waals surface area contributed by atoms with E-state index in [0.29, 0.717) is 0 Å². The third-order valence-corrected chi connectivity index (χ3v) is 21.9. The Balaban J connectivity index is 1.20. The van der Waals surface area contributed by atoms with Gasteiger partial charge in [-0.2, -0.15) is 17.5 Å². The summed E-state index contributed by atoms with van der Waals surface area (Å²) in [5.41, 5.74) is 9.32. The van der Waals surface area contributed by atoms with Crippen LogP contribution in [0.2, 0.25) is 0 Å². The summed E-state index contributed by atoms with van der Waals surface area (Å²) in [6.07, 6.45) is 57.8. The van der Waals surface area contributed by atoms with Crippen molar-refractivity contribution in [1.82, 2.24) is 17.5 Å². The molecule has 0 amide bonds. The smallest absolute Gasteiger partial charge is 0.113 e. The van der Waals surface area contributed by atoms with Crippen molar-refractivity contribution < 1.29 is 0 Å². The molecule has 6 rings (SSSR count). The molecule has 0 radical (unpaired) electrons. The predicted molar refractivity (Wildman–Crippen MR) is 350 cm³/mol. The summed E-state index contributed by atoms with van der Waals surface area (Å²) in [4.78, 5) is 2.59. The summed E-state index contributed by atoms with van der Waals surface area (Å²) < 4.78 is 22.6. The molecule has 4 nitrogen and oxygen atoms in total. The van der Waals surface area contributed by atoms with Crippen LogP contribution in [-0.4, -0.2) is 17.5 Å². The number of aromatic nitrogens is 4. The van der Waals surface area contributed by atoms with E-state index in [4.69, 9.17) is 17.5 Å². The SMILES string of the molecule is CCCCCCCCCCCCC(CCCCCCCCCC)Cc1cc(-c2cc3nsnc3c3c(-c4cc(CC(CCCCCCCCCC)CCCCCCCCCCCC)c(Br)s4)cc4nsnc4c23)sc1Br. The van der Waals surface area contributed by atoms with Gasteiger partial charge in [-0.15, -0.1) is 22.7 Å². The first-order valence-electron chi connectivity index (χ1n) is 31.9. The van der Waals surface area contributed by atoms with Gasteiger partial charge in [-0.3, -0.25) is 0 Å². The van der Waals surface area contributed by atoms with Gasteiger partial charge in [0.1, 0.15) is 22.1 Å². The van der Waals surface area contributed by atoms with Crippen molar-refractivity contribution in [3.63, 3.8) is 0 Å². The zero-order chi connectivity index (χ0) is 53.4. The Bertz CT molecular complexity index is 2280. The minimum Gasteiger partial charge on any atom is -0.173 e. The molecule has 2 unspecified atom stereocenters. The van der Waals surface area contributed by atoms with Crippen LogP contribution in [0, 0.1) is 11.8 Å². The first kappa shape index (κ1) is 63.9. The molecule has 76 heavy (non-hydrogen) atoms. The Hall–Kier alpha value is -1.30. The van der Waals surface area contributed by atoms with Crippen LogP contribution in [-0.2, 0) is 12.8 Å². The Kier molecular flexibility index (Phi) is 32.3. The molecule has 0 aliphatic heterocycles. The van der Waals surface area contributed by atoms with Gasteiger partial charge in [0, 0.05) is 31.7 Å². The highest BCUT2D eigenvalue weighted by Crippen LogP contribution is 2.49. The van der Waals surface area contributed by atoms with Gasteiger partial charge in [-0.1, -0.05) is 285 Å². The number of unbranched alkanes of at least 4 members (excludes halogenated alkanes) is 32. The number of nitrogens with zero attached hydrogens (tertiary/aromatic N) is 4. The van der Waals surface area contributed by atoms with Crippen LogP contribution in [0.4, 0.5) is 0 Å². The summed E-state index contributed by atoms with van der Waals surface area (Å²) in [5, 5.41) is 2.37. The molecule has 10 heteroatoms. The lowest BCUT2D eigenvalue weighted by atomic mass is 9.88. The standard InChI is InChI=1S/C66H102Br2N4S4/c1-5-9-13-17-21-25-27-31-35-39-43-51(41-37-33-29-23-19-15-11-7-3)45-53-47-59(73-65(53)67)55-49-57-64(72-75-69-57)62-56(50-58-63(61(55)62)71-76-70-58)60-48-54(66(68)74-60)46-52(42-38-34-30-24-20-16-12-8-4)44-40-36-32-28-26-22-18-14-10-6-2/h47-52H,5-46H2,1-4H3. The van der Waals surface area contributed by atoms with Crippen molar-refractivity contribution in [2.45, 2.75) is 297 Å². The minimum atomic E-state index is 0.720. The second-order valence-electron chi connectivity index (χ2n) is 23.3. The molecule has 0 fully saturated rings. The van der Waals surface area contributed by atoms with E-state index < -0.39 is 0 Å². The second-order valence-corrected chi connectivity index (χ2v) is 29.1. The number of fused-ring (bicyclic) bond motifs is 5. The number of hydrogen-bond acceptors (Lipinski definition) is 8. The van der Waals surface area contributed by atoms with E-state index in [-0.39, 0.29) is 0 Å². The van der Waals surface area contributed by atoms with Crippen LogP contribution in [0.3, 0.4) is 0 Å². The maximum atomic E-state index is 5.04. The van der Waals surface area contributed by atoms with Crippen LogP contribution in [0.1, 0.15) is 296 Å². The van der Waals surface area contributed by atoms with Crippen molar-refractivity contribution in [2.75, 3.05) is 0 Å². The summed E-state index contributed by atoms with van der Waals surface area (Å²) in [5.74, 6) is 1.44. The van der Waals surface area contributed by atoms with Crippen LogP contribution >= 0.6 is 78.0 Å². The molecule has 0 N–H and O–H groups in total. The third-order valence-electron chi connectivity index (χ3n) is 16.8. The maximum absolute atomic E-state index is 5.04. The molecule has 0 saturated heterocycles. The molecule has 0 spiro atoms. The molecule has 2 atom stereocenters. The lowest BCUT2D eigenvalue weighted by Gasteiger charge is -2.17. The average molecular weight is 1240 g/mol. The maximum Gasteiger partial charge on any atom is 0.113 e. The number of hydrogen-bond donors (Lipinski definition) is 0. The molecule has 4 heterocycles. The van der Waals surface area contributed by atoms with Gasteiger partial charge < -0.3 is 0 Å². The average Bonchev–Trinajstić information content (AvgIpc) is 4.25. The fourth-order valence-corrected chi connectivity index (χ4v) is 16.7. The van der Waals surface area contributed by atoms with Gasteiger partial charge in [0.2, 0.25) is 0 Å². The molecule has 0 aliphatic rings. The zero-order valence-electron chi connectivity index (χ0n) is 48.3. The highest BCUT2D eigenvalue weighted by Gasteiger charge is 2.25. The Labute approximate surface area is 497 Å². The van der Waals surface area contributed by atoms with E-state index >= 15 is 0 Å². The number of rotatable bonds is 46. The van der Waals surface area contributed by atoms with Crippen molar-refractivity contribution >= 4 is 111 Å². The van der Waals surface area contributed by atoms with Crippen LogP contribution in [0.25, 0.3) is 53.7 Å². The lowest BCUT2D eigenvalue weighted by Crippen LogP contribution is -2.05. The highest BCUT2D eigenvalue weighted by molar-refractivity contribution is 9.11. The molecule has 4 aromatic heterocycles. The van der Waals surface area contributed by atoms with Gasteiger partial charge >= 0.3 is 0 Å². The molecule has 0 saturated carbocycles. The fourth-order valence-electron chi connectivity index (χ4n) is 12.1. The predicted octanol–water partition coefficient (Wildman–Crippen LogP) is 25.8. The normalized spacial score (nSPS) is 12.9. The van der Waals surface area contributed by atoms with E-state index in [1.807, 2.05) is 22.7 Å². The van der Waals surface area contributed by atoms with Gasteiger partial charge in [-0.25, -0.2) is 0 Å². The van der Waals surface area contributed by atoms with E-state index in [1.165, 1.54) is 331 Å². The summed E-state index contributed by atoms with van der Waals surface area (Å²) in [6, 6.07) is 9.67. The minimum absolute atomic E-state index is 0.720. The molecule has 6 aromatic rings. The third kappa shape index (κ3) is 21.9. The van der Waals surface area contributed by atoms with E-state index in [9.17, 15) is 0 Å². The number of thiophene rings is 2. The van der Waals surface area contributed by atoms with E-state index in [0.717, 1.165) is 46.7 Å². The second kappa shape index (κ2) is 38.4. The van der Waals surface area contributed by atoms with Gasteiger partial charge in [-0.05, 0) is 91.9 Å². The largest absolute Gasteiger partial charge is 0.173 e. The highest BCUT2D eigenvalue weighted by atomic mass is 79.9. The number of halogens is 2. The van der Waals surface area contributed by atoms with Crippen molar-refractivity contribution in [2.24, 2.45) is 11.8 Å². The Morgan fingerprint density at radius 3 is 0.882 bits per heavy atom. The van der Waals surface area contributed by atoms with Gasteiger partial charge in [0.05, 0.1) is 31.0 Å². The topological polar surface area (TPSA) is 51.6 Å². The monoisotopic (exact) mass is 1240 g/mol. The first-order chi connectivity index (χ1) is 37.4. The fraction of sp³-hybridized carbons (Fsp3) is 0.727. The van der Waals surface area contributed by atoms with Crippen molar-refractivity contribution in [1.29, 1.82) is 0 Å². The lowest BCUT2D eigenvalue weighted by molar-refractivity contribution is 0.400. The summed E-state index contributed by atoms with van der Waals surface area (Å²) >= 11 is 14.8. The molecule has 424 valence electrons. The van der Waals surface area contributed by atoms with Crippen molar-refractivity contribution in [3.05, 3.63) is 43.0 Å². The van der Waals surface area contributed by atoms with Gasteiger partial charge in [0.15, 0.2) is 0 Å². The van der Waals surface area contributed by atoms with E-state index in [2.05, 4.69) is 83.8 Å².